The van der Waals surface area contributed by atoms with Crippen LogP contribution in [0, 0.1) is 0 Å². The van der Waals surface area contributed by atoms with E-state index in [2.05, 4.69) is 26.6 Å². The summed E-state index contributed by atoms with van der Waals surface area (Å²) in [7, 11) is 0. The first kappa shape index (κ1) is 21.0. The van der Waals surface area contributed by atoms with E-state index in [9.17, 15) is 14.4 Å². The van der Waals surface area contributed by atoms with Gasteiger partial charge in [-0.15, -0.1) is 0 Å². The number of anilines is 1. The lowest BCUT2D eigenvalue weighted by molar-refractivity contribution is -0.113. The van der Waals surface area contributed by atoms with E-state index in [4.69, 9.17) is 5.11 Å². The Kier molecular flexibility index (Phi) is 6.77. The van der Waals surface area contributed by atoms with Crippen LogP contribution in [0.1, 0.15) is 26.3 Å². The standard InChI is InChI=1S/C23H17BrN2O4/c24-18-10-6-16(7-11-18)21(27)26-20(14-15-4-2-1-3-5-15)22(28)25-19-12-8-17(9-13-19)23(29)30/h1-14H,(H,25,28)(H,26,27)(H,29,30)/b20-14-. The predicted octanol–water partition coefficient (Wildman–Crippen LogP) is 4.56. The normalized spacial score (nSPS) is 10.9. The summed E-state index contributed by atoms with van der Waals surface area (Å²) < 4.78 is 0.835. The fraction of sp³-hybridized carbons (Fsp3) is 0. The highest BCUT2D eigenvalue weighted by atomic mass is 79.9. The molecule has 0 saturated heterocycles. The van der Waals surface area contributed by atoms with Gasteiger partial charge in [-0.25, -0.2) is 4.79 Å². The zero-order chi connectivity index (χ0) is 21.5. The maximum Gasteiger partial charge on any atom is 0.335 e. The molecule has 0 aliphatic rings. The highest BCUT2D eigenvalue weighted by Gasteiger charge is 2.15. The third kappa shape index (κ3) is 5.65. The number of benzene rings is 3. The first-order valence-electron chi connectivity index (χ1n) is 8.91. The molecule has 3 N–H and O–H groups in total. The van der Waals surface area contributed by atoms with Crippen LogP contribution in [0.3, 0.4) is 0 Å². The Hall–Kier alpha value is -3.71. The van der Waals surface area contributed by atoms with E-state index in [1.54, 1.807) is 42.5 Å². The number of hydrogen-bond donors (Lipinski definition) is 3. The maximum atomic E-state index is 12.8. The molecular weight excluding hydrogens is 448 g/mol. The molecule has 0 aromatic heterocycles. The molecule has 0 aliphatic carbocycles. The summed E-state index contributed by atoms with van der Waals surface area (Å²) in [5, 5.41) is 14.3. The van der Waals surface area contributed by atoms with Crippen LogP contribution in [-0.2, 0) is 4.79 Å². The van der Waals surface area contributed by atoms with Crippen molar-refractivity contribution in [3.63, 3.8) is 0 Å². The van der Waals surface area contributed by atoms with Crippen molar-refractivity contribution in [2.24, 2.45) is 0 Å². The number of carbonyl (C=O) groups excluding carboxylic acids is 2. The third-order valence-corrected chi connectivity index (χ3v) is 4.63. The SMILES string of the molecule is O=C(Nc1ccc(C(=O)O)cc1)/C(=C/c1ccccc1)NC(=O)c1ccc(Br)cc1. The van der Waals surface area contributed by atoms with Gasteiger partial charge in [-0.3, -0.25) is 9.59 Å². The third-order valence-electron chi connectivity index (χ3n) is 4.10. The van der Waals surface area contributed by atoms with Gasteiger partial charge in [0.1, 0.15) is 5.70 Å². The number of carboxylic acids is 1. The summed E-state index contributed by atoms with van der Waals surface area (Å²) in [5.41, 5.74) is 1.70. The van der Waals surface area contributed by atoms with Crippen molar-refractivity contribution in [1.29, 1.82) is 0 Å². The summed E-state index contributed by atoms with van der Waals surface area (Å²) in [4.78, 5) is 36.4. The van der Waals surface area contributed by atoms with E-state index in [0.29, 0.717) is 11.3 Å². The number of carboxylic acid groups (broad SMARTS) is 1. The van der Waals surface area contributed by atoms with Crippen LogP contribution in [-0.4, -0.2) is 22.9 Å². The monoisotopic (exact) mass is 464 g/mol. The van der Waals surface area contributed by atoms with Crippen LogP contribution in [0.5, 0.6) is 0 Å². The van der Waals surface area contributed by atoms with Gasteiger partial charge < -0.3 is 15.7 Å². The van der Waals surface area contributed by atoms with Crippen molar-refractivity contribution in [3.8, 4) is 0 Å². The Morgan fingerprint density at radius 1 is 0.800 bits per heavy atom. The molecule has 0 fully saturated rings. The van der Waals surface area contributed by atoms with Gasteiger partial charge >= 0.3 is 5.97 Å². The topological polar surface area (TPSA) is 95.5 Å². The predicted molar refractivity (Wildman–Crippen MR) is 118 cm³/mol. The van der Waals surface area contributed by atoms with Gasteiger partial charge in [-0.2, -0.15) is 0 Å². The average molecular weight is 465 g/mol. The van der Waals surface area contributed by atoms with Crippen molar-refractivity contribution < 1.29 is 19.5 Å². The van der Waals surface area contributed by atoms with E-state index in [0.717, 1.165) is 10.0 Å². The number of nitrogens with one attached hydrogen (secondary N) is 2. The molecule has 2 amide bonds. The molecular formula is C23H17BrN2O4. The molecule has 30 heavy (non-hydrogen) atoms. The van der Waals surface area contributed by atoms with E-state index in [1.165, 1.54) is 24.3 Å². The first-order valence-corrected chi connectivity index (χ1v) is 9.70. The van der Waals surface area contributed by atoms with Gasteiger partial charge in [0.05, 0.1) is 5.56 Å². The van der Waals surface area contributed by atoms with Crippen LogP contribution in [0.15, 0.2) is 89.0 Å². The van der Waals surface area contributed by atoms with Gasteiger partial charge in [0.15, 0.2) is 0 Å². The molecule has 0 atom stereocenters. The smallest absolute Gasteiger partial charge is 0.335 e. The van der Waals surface area contributed by atoms with Crippen molar-refractivity contribution in [1.82, 2.24) is 5.32 Å². The largest absolute Gasteiger partial charge is 0.478 e. The molecule has 0 unspecified atom stereocenters. The van der Waals surface area contributed by atoms with Gasteiger partial charge in [0.2, 0.25) is 0 Å². The molecule has 6 nitrogen and oxygen atoms in total. The lowest BCUT2D eigenvalue weighted by Gasteiger charge is -2.12. The minimum atomic E-state index is -1.06. The molecule has 7 heteroatoms. The van der Waals surface area contributed by atoms with Gasteiger partial charge in [-0.05, 0) is 60.2 Å². The Morgan fingerprint density at radius 2 is 1.40 bits per heavy atom. The van der Waals surface area contributed by atoms with Crippen LogP contribution in [0.2, 0.25) is 0 Å². The molecule has 150 valence electrons. The lowest BCUT2D eigenvalue weighted by atomic mass is 10.1. The second kappa shape index (κ2) is 9.67. The van der Waals surface area contributed by atoms with Gasteiger partial charge in [0.25, 0.3) is 11.8 Å². The molecule has 3 rings (SSSR count). The molecule has 3 aromatic carbocycles. The van der Waals surface area contributed by atoms with E-state index in [1.807, 2.05) is 18.2 Å². The molecule has 0 aliphatic heterocycles. The fourth-order valence-electron chi connectivity index (χ4n) is 2.56. The number of hydrogen-bond acceptors (Lipinski definition) is 3. The fourth-order valence-corrected chi connectivity index (χ4v) is 2.83. The molecule has 0 bridgehead atoms. The number of carbonyl (C=O) groups is 3. The van der Waals surface area contributed by atoms with Crippen molar-refractivity contribution in [2.45, 2.75) is 0 Å². The van der Waals surface area contributed by atoms with Crippen LogP contribution >= 0.6 is 15.9 Å². The highest BCUT2D eigenvalue weighted by molar-refractivity contribution is 9.10. The minimum Gasteiger partial charge on any atom is -0.478 e. The van der Waals surface area contributed by atoms with Crippen molar-refractivity contribution in [3.05, 3.63) is 106 Å². The van der Waals surface area contributed by atoms with Crippen LogP contribution < -0.4 is 10.6 Å². The summed E-state index contributed by atoms with van der Waals surface area (Å²) in [6.07, 6.45) is 1.57. The Bertz CT molecular complexity index is 1090. The van der Waals surface area contributed by atoms with Crippen LogP contribution in [0.25, 0.3) is 6.08 Å². The van der Waals surface area contributed by atoms with Crippen molar-refractivity contribution in [2.75, 3.05) is 5.32 Å². The first-order chi connectivity index (χ1) is 14.4. The Labute approximate surface area is 181 Å². The molecule has 0 radical (unpaired) electrons. The van der Waals surface area contributed by atoms with Gasteiger partial charge in [0, 0.05) is 15.7 Å². The Morgan fingerprint density at radius 3 is 2.00 bits per heavy atom. The lowest BCUT2D eigenvalue weighted by Crippen LogP contribution is -2.30. The van der Waals surface area contributed by atoms with Crippen molar-refractivity contribution >= 4 is 45.5 Å². The zero-order valence-electron chi connectivity index (χ0n) is 15.6. The van der Waals surface area contributed by atoms with E-state index < -0.39 is 17.8 Å². The van der Waals surface area contributed by atoms with Gasteiger partial charge in [-0.1, -0.05) is 46.3 Å². The molecule has 0 saturated carbocycles. The summed E-state index contributed by atoms with van der Waals surface area (Å²) in [6, 6.07) is 21.6. The average Bonchev–Trinajstić information content (AvgIpc) is 2.74. The zero-order valence-corrected chi connectivity index (χ0v) is 17.2. The van der Waals surface area contributed by atoms with E-state index in [-0.39, 0.29) is 11.3 Å². The highest BCUT2D eigenvalue weighted by Crippen LogP contribution is 2.14. The number of aromatic carboxylic acids is 1. The Balaban J connectivity index is 1.84. The second-order valence-electron chi connectivity index (χ2n) is 6.27. The number of halogens is 1. The number of rotatable bonds is 6. The van der Waals surface area contributed by atoms with E-state index >= 15 is 0 Å². The summed E-state index contributed by atoms with van der Waals surface area (Å²) in [5.74, 6) is -2.02. The van der Waals surface area contributed by atoms with Crippen LogP contribution in [0.4, 0.5) is 5.69 Å². The molecule has 0 spiro atoms. The quantitative estimate of drug-likeness (QED) is 0.466. The summed E-state index contributed by atoms with van der Waals surface area (Å²) >= 11 is 3.32. The maximum absolute atomic E-state index is 12.8. The molecule has 3 aromatic rings. The number of amides is 2. The minimum absolute atomic E-state index is 0.0522. The molecule has 0 heterocycles. The summed E-state index contributed by atoms with van der Waals surface area (Å²) in [6.45, 7) is 0. The second-order valence-corrected chi connectivity index (χ2v) is 7.18.